The van der Waals surface area contributed by atoms with Crippen LogP contribution in [-0.4, -0.2) is 30.3 Å². The van der Waals surface area contributed by atoms with Crippen LogP contribution in [-0.2, 0) is 19.1 Å². The third-order valence-electron chi connectivity index (χ3n) is 6.07. The molecule has 1 saturated carbocycles. The van der Waals surface area contributed by atoms with Crippen molar-refractivity contribution in [3.05, 3.63) is 58.1 Å². The molecule has 2 aliphatic rings. The van der Waals surface area contributed by atoms with Crippen LogP contribution in [0.1, 0.15) is 36.5 Å². The van der Waals surface area contributed by atoms with Crippen LogP contribution in [0.3, 0.4) is 0 Å². The lowest BCUT2D eigenvalue weighted by Crippen LogP contribution is -2.31. The Kier molecular flexibility index (Phi) is 6.72. The second-order valence-electron chi connectivity index (χ2n) is 8.45. The molecule has 1 N–H and O–H groups in total. The number of carbonyl (C=O) groups is 4. The van der Waals surface area contributed by atoms with E-state index in [1.54, 1.807) is 18.2 Å². The SMILES string of the molecule is C[C@@H]1CC[C@@H]2C(=O)N(c3cccc(C(=O)OCC(=O)Nc4ccc(Cl)c(Cl)c4)c3)C(=O)[C@H]2C1. The zero-order valence-corrected chi connectivity index (χ0v) is 19.4. The highest BCUT2D eigenvalue weighted by Crippen LogP contribution is 2.42. The van der Waals surface area contributed by atoms with Crippen LogP contribution in [0.5, 0.6) is 0 Å². The number of esters is 1. The van der Waals surface area contributed by atoms with Gasteiger partial charge in [0.2, 0.25) is 11.8 Å². The summed E-state index contributed by atoms with van der Waals surface area (Å²) in [5, 5.41) is 3.19. The first-order chi connectivity index (χ1) is 15.7. The first kappa shape index (κ1) is 23.3. The first-order valence-corrected chi connectivity index (χ1v) is 11.4. The molecule has 172 valence electrons. The maximum Gasteiger partial charge on any atom is 0.338 e. The van der Waals surface area contributed by atoms with Gasteiger partial charge in [-0.25, -0.2) is 4.79 Å². The fourth-order valence-electron chi connectivity index (χ4n) is 4.40. The predicted molar refractivity (Wildman–Crippen MR) is 124 cm³/mol. The van der Waals surface area contributed by atoms with Crippen LogP contribution in [0.15, 0.2) is 42.5 Å². The summed E-state index contributed by atoms with van der Waals surface area (Å²) in [6.07, 6.45) is 2.31. The summed E-state index contributed by atoms with van der Waals surface area (Å²) in [4.78, 5) is 51.6. The van der Waals surface area contributed by atoms with E-state index >= 15 is 0 Å². The van der Waals surface area contributed by atoms with E-state index in [2.05, 4.69) is 12.2 Å². The largest absolute Gasteiger partial charge is 0.452 e. The summed E-state index contributed by atoms with van der Waals surface area (Å²) in [6, 6.07) is 10.7. The van der Waals surface area contributed by atoms with Gasteiger partial charge in [0.05, 0.1) is 33.1 Å². The Labute approximate surface area is 201 Å². The van der Waals surface area contributed by atoms with E-state index in [-0.39, 0.29) is 34.2 Å². The molecule has 3 atom stereocenters. The van der Waals surface area contributed by atoms with Gasteiger partial charge in [0.1, 0.15) is 0 Å². The Morgan fingerprint density at radius 2 is 1.79 bits per heavy atom. The molecule has 2 aromatic rings. The number of halogens is 2. The number of carbonyl (C=O) groups excluding carboxylic acids is 4. The second kappa shape index (κ2) is 9.53. The van der Waals surface area contributed by atoms with E-state index in [9.17, 15) is 19.2 Å². The van der Waals surface area contributed by atoms with Gasteiger partial charge < -0.3 is 10.1 Å². The molecule has 1 heterocycles. The van der Waals surface area contributed by atoms with Crippen molar-refractivity contribution < 1.29 is 23.9 Å². The standard InChI is InChI=1S/C24H22Cl2N2O5/c1-13-5-7-17-18(9-13)23(31)28(22(17)30)16-4-2-3-14(10-16)24(32)33-12-21(29)27-15-6-8-19(25)20(26)11-15/h2-4,6,8,10-11,13,17-18H,5,7,9,12H2,1H3,(H,27,29)/t13-,17+,18+/m1/s1. The van der Waals surface area contributed by atoms with Gasteiger partial charge in [-0.3, -0.25) is 19.3 Å². The number of nitrogens with one attached hydrogen (secondary N) is 1. The number of hydrogen-bond donors (Lipinski definition) is 1. The van der Waals surface area contributed by atoms with Gasteiger partial charge in [-0.2, -0.15) is 0 Å². The minimum atomic E-state index is -0.744. The summed E-state index contributed by atoms with van der Waals surface area (Å²) in [5.41, 5.74) is 0.884. The van der Waals surface area contributed by atoms with Crippen molar-refractivity contribution in [2.75, 3.05) is 16.8 Å². The summed E-state index contributed by atoms with van der Waals surface area (Å²) in [6.45, 7) is 1.57. The maximum atomic E-state index is 12.9. The fourth-order valence-corrected chi connectivity index (χ4v) is 4.70. The van der Waals surface area contributed by atoms with Crippen molar-refractivity contribution in [3.63, 3.8) is 0 Å². The summed E-state index contributed by atoms with van der Waals surface area (Å²) >= 11 is 11.8. The molecule has 7 nitrogen and oxygen atoms in total. The molecule has 33 heavy (non-hydrogen) atoms. The van der Waals surface area contributed by atoms with Gasteiger partial charge in [-0.05, 0) is 61.6 Å². The van der Waals surface area contributed by atoms with E-state index in [0.29, 0.717) is 35.2 Å². The number of benzene rings is 2. The average Bonchev–Trinajstić information content (AvgIpc) is 3.04. The topological polar surface area (TPSA) is 92.8 Å². The average molecular weight is 489 g/mol. The lowest BCUT2D eigenvalue weighted by Gasteiger charge is -2.25. The number of imide groups is 1. The third-order valence-corrected chi connectivity index (χ3v) is 6.80. The Bertz CT molecular complexity index is 1140. The Morgan fingerprint density at radius 1 is 1.03 bits per heavy atom. The number of hydrogen-bond acceptors (Lipinski definition) is 5. The molecular formula is C24H22Cl2N2O5. The van der Waals surface area contributed by atoms with Gasteiger partial charge in [-0.1, -0.05) is 36.2 Å². The zero-order chi connectivity index (χ0) is 23.7. The Balaban J connectivity index is 1.40. The van der Waals surface area contributed by atoms with Gasteiger partial charge in [0.25, 0.3) is 5.91 Å². The second-order valence-corrected chi connectivity index (χ2v) is 9.26. The molecule has 2 aromatic carbocycles. The molecule has 0 bridgehead atoms. The molecule has 1 aliphatic heterocycles. The molecule has 3 amide bonds. The van der Waals surface area contributed by atoms with E-state index < -0.39 is 18.5 Å². The first-order valence-electron chi connectivity index (χ1n) is 10.6. The molecule has 0 spiro atoms. The van der Waals surface area contributed by atoms with Gasteiger partial charge >= 0.3 is 5.97 Å². The van der Waals surface area contributed by atoms with Crippen molar-refractivity contribution in [1.82, 2.24) is 0 Å². The van der Waals surface area contributed by atoms with Crippen LogP contribution < -0.4 is 10.2 Å². The van der Waals surface area contributed by atoms with Crippen molar-refractivity contribution >= 4 is 58.3 Å². The Morgan fingerprint density at radius 3 is 2.55 bits per heavy atom. The summed E-state index contributed by atoms with van der Waals surface area (Å²) < 4.78 is 5.10. The lowest BCUT2D eigenvalue weighted by atomic mass is 9.76. The molecule has 4 rings (SSSR count). The van der Waals surface area contributed by atoms with E-state index in [1.165, 1.54) is 29.2 Å². The van der Waals surface area contributed by atoms with Gasteiger partial charge in [-0.15, -0.1) is 0 Å². The van der Waals surface area contributed by atoms with Crippen molar-refractivity contribution in [2.24, 2.45) is 17.8 Å². The number of anilines is 2. The summed E-state index contributed by atoms with van der Waals surface area (Å²) in [5.74, 6) is -1.94. The molecule has 2 fully saturated rings. The molecule has 0 radical (unpaired) electrons. The van der Waals surface area contributed by atoms with Crippen LogP contribution >= 0.6 is 23.2 Å². The van der Waals surface area contributed by atoms with Gasteiger partial charge in [0, 0.05) is 5.69 Å². The molecular weight excluding hydrogens is 467 g/mol. The highest BCUT2D eigenvalue weighted by atomic mass is 35.5. The summed E-state index contributed by atoms with van der Waals surface area (Å²) in [7, 11) is 0. The molecule has 9 heteroatoms. The number of fused-ring (bicyclic) bond motifs is 1. The third kappa shape index (κ3) is 4.89. The van der Waals surface area contributed by atoms with E-state index in [4.69, 9.17) is 27.9 Å². The Hall–Kier alpha value is -2.90. The minimum Gasteiger partial charge on any atom is -0.452 e. The van der Waals surface area contributed by atoms with Crippen LogP contribution in [0.2, 0.25) is 10.0 Å². The fraction of sp³-hybridized carbons (Fsp3) is 0.333. The highest BCUT2D eigenvalue weighted by Gasteiger charge is 2.50. The smallest absolute Gasteiger partial charge is 0.338 e. The van der Waals surface area contributed by atoms with Crippen molar-refractivity contribution in [3.8, 4) is 0 Å². The van der Waals surface area contributed by atoms with Crippen LogP contribution in [0, 0.1) is 17.8 Å². The number of nitrogens with zero attached hydrogens (tertiary/aromatic N) is 1. The van der Waals surface area contributed by atoms with E-state index in [0.717, 1.165) is 6.42 Å². The van der Waals surface area contributed by atoms with Crippen LogP contribution in [0.25, 0.3) is 0 Å². The number of amides is 3. The number of ether oxygens (including phenoxy) is 1. The normalized spacial score (nSPS) is 22.2. The lowest BCUT2D eigenvalue weighted by molar-refractivity contribution is -0.122. The molecule has 0 aromatic heterocycles. The molecule has 1 aliphatic carbocycles. The van der Waals surface area contributed by atoms with Gasteiger partial charge in [0.15, 0.2) is 6.61 Å². The number of rotatable bonds is 5. The van der Waals surface area contributed by atoms with Crippen molar-refractivity contribution in [2.45, 2.75) is 26.2 Å². The quantitative estimate of drug-likeness (QED) is 0.485. The monoisotopic (exact) mass is 488 g/mol. The predicted octanol–water partition coefficient (Wildman–Crippen LogP) is 4.71. The highest BCUT2D eigenvalue weighted by molar-refractivity contribution is 6.42. The van der Waals surface area contributed by atoms with Crippen molar-refractivity contribution in [1.29, 1.82) is 0 Å². The van der Waals surface area contributed by atoms with E-state index in [1.807, 2.05) is 0 Å². The molecule has 0 unspecified atom stereocenters. The minimum absolute atomic E-state index is 0.138. The maximum absolute atomic E-state index is 12.9. The zero-order valence-electron chi connectivity index (χ0n) is 17.8. The molecule has 1 saturated heterocycles. The van der Waals surface area contributed by atoms with Crippen LogP contribution in [0.4, 0.5) is 11.4 Å².